The average molecular weight is 278 g/mol. The van der Waals surface area contributed by atoms with Gasteiger partial charge in [0.15, 0.2) is 0 Å². The quantitative estimate of drug-likeness (QED) is 0.664. The van der Waals surface area contributed by atoms with Crippen molar-refractivity contribution >= 4 is 24.2 Å². The Morgan fingerprint density at radius 2 is 2.00 bits per heavy atom. The molecule has 1 rings (SSSR count). The predicted molar refractivity (Wildman–Crippen MR) is 71.8 cm³/mol. The number of benzene rings is 1. The second-order valence-corrected chi connectivity index (χ2v) is 8.21. The SMILES string of the molecule is COC(=O)[C@H](C)N[PH](C)(Cl)Oc1ccccc1. The van der Waals surface area contributed by atoms with E-state index in [1.54, 1.807) is 13.6 Å². The minimum atomic E-state index is -2.66. The first-order valence-corrected chi connectivity index (χ1v) is 8.65. The molecule has 0 fully saturated rings. The number of rotatable bonds is 5. The van der Waals surface area contributed by atoms with Crippen molar-refractivity contribution in [2.45, 2.75) is 13.0 Å². The number of hydrogen-bond acceptors (Lipinski definition) is 4. The summed E-state index contributed by atoms with van der Waals surface area (Å²) in [6.45, 7) is 0.788. The number of halogens is 1. The maximum atomic E-state index is 11.3. The van der Waals surface area contributed by atoms with E-state index >= 15 is 0 Å². The van der Waals surface area contributed by atoms with E-state index in [1.807, 2.05) is 30.3 Å². The topological polar surface area (TPSA) is 47.6 Å². The summed E-state index contributed by atoms with van der Waals surface area (Å²) in [7, 11) is 1.34. The fourth-order valence-corrected chi connectivity index (χ4v) is 3.65. The summed E-state index contributed by atoms with van der Waals surface area (Å²) >= 11 is 6.26. The molecule has 96 valence electrons. The van der Waals surface area contributed by atoms with Gasteiger partial charge in [-0.3, -0.25) is 0 Å². The van der Waals surface area contributed by atoms with Crippen LogP contribution in [0.25, 0.3) is 0 Å². The molecular weight excluding hydrogens is 261 g/mol. The molecule has 0 bridgehead atoms. The van der Waals surface area contributed by atoms with Gasteiger partial charge in [0, 0.05) is 0 Å². The van der Waals surface area contributed by atoms with Gasteiger partial charge in [0.05, 0.1) is 0 Å². The van der Waals surface area contributed by atoms with Crippen molar-refractivity contribution in [3.63, 3.8) is 0 Å². The molecule has 0 radical (unpaired) electrons. The number of esters is 1. The summed E-state index contributed by atoms with van der Waals surface area (Å²) in [5.41, 5.74) is 0. The molecule has 0 aliphatic rings. The zero-order chi connectivity index (χ0) is 12.9. The number of carbonyl (C=O) groups is 1. The Labute approximate surface area is 107 Å². The number of nitrogens with one attached hydrogen (secondary N) is 1. The van der Waals surface area contributed by atoms with E-state index < -0.39 is 13.0 Å². The van der Waals surface area contributed by atoms with Crippen LogP contribution in [0.4, 0.5) is 0 Å². The molecule has 0 aromatic heterocycles. The van der Waals surface area contributed by atoms with Gasteiger partial charge in [0.25, 0.3) is 0 Å². The second-order valence-electron chi connectivity index (χ2n) is 3.72. The van der Waals surface area contributed by atoms with Crippen LogP contribution in [0, 0.1) is 0 Å². The molecule has 0 saturated carbocycles. The molecule has 0 unspecified atom stereocenters. The first-order chi connectivity index (χ1) is 7.94. The third-order valence-corrected chi connectivity index (χ3v) is 4.21. The normalized spacial score (nSPS) is 13.9. The van der Waals surface area contributed by atoms with Crippen molar-refractivity contribution in [1.29, 1.82) is 0 Å². The summed E-state index contributed by atoms with van der Waals surface area (Å²) in [5.74, 6) is 0.322. The van der Waals surface area contributed by atoms with Crippen molar-refractivity contribution in [3.8, 4) is 5.75 Å². The summed E-state index contributed by atoms with van der Waals surface area (Å²) in [6.07, 6.45) is 0. The molecule has 0 amide bonds. The molecule has 0 spiro atoms. The average Bonchev–Trinajstić information content (AvgIpc) is 2.27. The molecule has 6 heteroatoms. The van der Waals surface area contributed by atoms with E-state index in [2.05, 4.69) is 9.82 Å². The fourth-order valence-electron chi connectivity index (χ4n) is 1.36. The van der Waals surface area contributed by atoms with Crippen molar-refractivity contribution in [3.05, 3.63) is 30.3 Å². The van der Waals surface area contributed by atoms with E-state index in [0.29, 0.717) is 5.75 Å². The van der Waals surface area contributed by atoms with Crippen LogP contribution < -0.4 is 9.61 Å². The monoisotopic (exact) mass is 277 g/mol. The summed E-state index contributed by atoms with van der Waals surface area (Å²) in [6, 6.07) is 8.76. The number of ether oxygens (including phenoxy) is 1. The van der Waals surface area contributed by atoms with Crippen LogP contribution in [0.15, 0.2) is 30.3 Å². The number of carbonyl (C=O) groups excluding carboxylic acids is 1. The maximum absolute atomic E-state index is 11.3. The van der Waals surface area contributed by atoms with Crippen molar-refractivity contribution in [2.75, 3.05) is 13.8 Å². The molecule has 0 heterocycles. The molecule has 1 aromatic rings. The Kier molecular flexibility index (Phi) is 5.19. The first kappa shape index (κ1) is 14.2. The van der Waals surface area contributed by atoms with Crippen molar-refractivity contribution in [1.82, 2.24) is 5.09 Å². The van der Waals surface area contributed by atoms with E-state index in [1.165, 1.54) is 7.11 Å². The Morgan fingerprint density at radius 1 is 1.41 bits per heavy atom. The Balaban J connectivity index is 2.60. The molecule has 17 heavy (non-hydrogen) atoms. The van der Waals surface area contributed by atoms with Gasteiger partial charge in [-0.05, 0) is 0 Å². The van der Waals surface area contributed by atoms with Crippen LogP contribution in [0.1, 0.15) is 6.92 Å². The third-order valence-electron chi connectivity index (χ3n) is 2.08. The van der Waals surface area contributed by atoms with Gasteiger partial charge in [-0.15, -0.1) is 0 Å². The first-order valence-electron chi connectivity index (χ1n) is 5.23. The van der Waals surface area contributed by atoms with Gasteiger partial charge < -0.3 is 0 Å². The van der Waals surface area contributed by atoms with Gasteiger partial charge in [-0.25, -0.2) is 0 Å². The van der Waals surface area contributed by atoms with Crippen molar-refractivity contribution in [2.24, 2.45) is 0 Å². The molecule has 1 atom stereocenters. The van der Waals surface area contributed by atoms with Crippen LogP contribution in [0.5, 0.6) is 5.75 Å². The fraction of sp³-hybridized carbons (Fsp3) is 0.364. The van der Waals surface area contributed by atoms with Gasteiger partial charge in [0.2, 0.25) is 0 Å². The van der Waals surface area contributed by atoms with Crippen LogP contribution in [0.2, 0.25) is 0 Å². The number of para-hydroxylation sites is 1. The Morgan fingerprint density at radius 3 is 2.53 bits per heavy atom. The molecule has 4 nitrogen and oxygen atoms in total. The predicted octanol–water partition coefficient (Wildman–Crippen LogP) is 2.58. The number of methoxy groups -OCH3 is 1. The summed E-state index contributed by atoms with van der Waals surface area (Å²) in [4.78, 5) is 11.3. The van der Waals surface area contributed by atoms with Crippen LogP contribution >= 0.6 is 18.2 Å². The van der Waals surface area contributed by atoms with Gasteiger partial charge >= 0.3 is 106 Å². The minimum absolute atomic E-state index is 0.360. The van der Waals surface area contributed by atoms with Gasteiger partial charge in [-0.2, -0.15) is 0 Å². The van der Waals surface area contributed by atoms with Crippen molar-refractivity contribution < 1.29 is 14.1 Å². The Hall–Kier alpha value is -0.830. The van der Waals surface area contributed by atoms with Crippen LogP contribution in [0.3, 0.4) is 0 Å². The molecule has 0 aliphatic heterocycles. The number of hydrogen-bond donors (Lipinski definition) is 1. The van der Waals surface area contributed by atoms with E-state index in [4.69, 9.17) is 15.8 Å². The Bertz CT molecular complexity index is 372. The van der Waals surface area contributed by atoms with E-state index in [0.717, 1.165) is 0 Å². The second kappa shape index (κ2) is 6.20. The van der Waals surface area contributed by atoms with Crippen LogP contribution in [-0.2, 0) is 9.53 Å². The standard InChI is InChI=1S/C11H17ClNO3P/c1-9(11(14)15-2)13-17(3,12)16-10-7-5-4-6-8-10/h4-9,13,17H,1-3H3/t9-/m0/s1. The molecule has 1 aromatic carbocycles. The molecular formula is C11H17ClNO3P. The third kappa shape index (κ3) is 4.90. The molecule has 1 N–H and O–H groups in total. The molecule has 0 aliphatic carbocycles. The van der Waals surface area contributed by atoms with Crippen LogP contribution in [-0.4, -0.2) is 25.8 Å². The summed E-state index contributed by atoms with van der Waals surface area (Å²) < 4.78 is 10.3. The zero-order valence-electron chi connectivity index (χ0n) is 10.1. The zero-order valence-corrected chi connectivity index (χ0v) is 11.8. The van der Waals surface area contributed by atoms with E-state index in [-0.39, 0.29) is 5.97 Å². The van der Waals surface area contributed by atoms with Gasteiger partial charge in [0.1, 0.15) is 0 Å². The van der Waals surface area contributed by atoms with Gasteiger partial charge in [-0.1, -0.05) is 0 Å². The molecule has 0 saturated heterocycles. The summed E-state index contributed by atoms with van der Waals surface area (Å²) in [5, 5.41) is 2.96. The van der Waals surface area contributed by atoms with E-state index in [9.17, 15) is 4.79 Å².